The van der Waals surface area contributed by atoms with E-state index in [2.05, 4.69) is 5.32 Å². The maximum atomic E-state index is 13.0. The zero-order valence-electron chi connectivity index (χ0n) is 18.5. The Bertz CT molecular complexity index is 1120. The van der Waals surface area contributed by atoms with Crippen molar-refractivity contribution in [2.24, 2.45) is 5.92 Å². The molecule has 2 aliphatic rings. The Morgan fingerprint density at radius 3 is 2.38 bits per heavy atom. The molecule has 0 saturated carbocycles. The largest absolute Gasteiger partial charge is 0.325 e. The van der Waals surface area contributed by atoms with Gasteiger partial charge in [0.25, 0.3) is 0 Å². The van der Waals surface area contributed by atoms with Crippen molar-refractivity contribution in [3.05, 3.63) is 53.6 Å². The lowest BCUT2D eigenvalue weighted by Crippen LogP contribution is -2.35. The van der Waals surface area contributed by atoms with E-state index in [-0.39, 0.29) is 23.1 Å². The number of carbonyl (C=O) groups is 2. The zero-order chi connectivity index (χ0) is 22.9. The Kier molecular flexibility index (Phi) is 6.35. The molecular formula is C24H29N3O4S. The topological polar surface area (TPSA) is 86.8 Å². The summed E-state index contributed by atoms with van der Waals surface area (Å²) in [7, 11) is -3.59. The second kappa shape index (κ2) is 9.03. The van der Waals surface area contributed by atoms with Crippen LogP contribution in [0.3, 0.4) is 0 Å². The van der Waals surface area contributed by atoms with E-state index in [1.165, 1.54) is 10.4 Å². The lowest BCUT2D eigenvalue weighted by molar-refractivity contribution is -0.122. The summed E-state index contributed by atoms with van der Waals surface area (Å²) in [6.07, 6.45) is 2.90. The van der Waals surface area contributed by atoms with Gasteiger partial charge in [0.1, 0.15) is 0 Å². The monoisotopic (exact) mass is 455 g/mol. The van der Waals surface area contributed by atoms with Crippen molar-refractivity contribution in [1.82, 2.24) is 4.31 Å². The highest BCUT2D eigenvalue weighted by Gasteiger charge is 2.35. The normalized spacial score (nSPS) is 19.9. The maximum Gasteiger partial charge on any atom is 0.243 e. The average Bonchev–Trinajstić information content (AvgIpc) is 3.18. The fraction of sp³-hybridized carbons (Fsp3) is 0.417. The highest BCUT2D eigenvalue weighted by molar-refractivity contribution is 7.89. The summed E-state index contributed by atoms with van der Waals surface area (Å²) in [5.74, 6) is -0.860. The van der Waals surface area contributed by atoms with E-state index in [0.717, 1.165) is 36.1 Å². The number of hydrogen-bond donors (Lipinski definition) is 1. The van der Waals surface area contributed by atoms with Crippen molar-refractivity contribution in [2.75, 3.05) is 29.9 Å². The Morgan fingerprint density at radius 1 is 1.00 bits per heavy atom. The predicted octanol–water partition coefficient (Wildman–Crippen LogP) is 3.47. The van der Waals surface area contributed by atoms with Gasteiger partial charge >= 0.3 is 0 Å². The quantitative estimate of drug-likeness (QED) is 0.748. The van der Waals surface area contributed by atoms with Gasteiger partial charge in [0.2, 0.25) is 21.8 Å². The summed E-state index contributed by atoms with van der Waals surface area (Å²) in [4.78, 5) is 27.3. The summed E-state index contributed by atoms with van der Waals surface area (Å²) >= 11 is 0. The van der Waals surface area contributed by atoms with Gasteiger partial charge in [-0.05, 0) is 56.5 Å². The Labute approximate surface area is 189 Å². The van der Waals surface area contributed by atoms with Crippen LogP contribution in [0.15, 0.2) is 47.4 Å². The van der Waals surface area contributed by atoms with E-state index in [4.69, 9.17) is 0 Å². The molecule has 2 saturated heterocycles. The molecule has 2 heterocycles. The fourth-order valence-corrected chi connectivity index (χ4v) is 5.79. The lowest BCUT2D eigenvalue weighted by Gasteiger charge is -2.26. The highest BCUT2D eigenvalue weighted by atomic mass is 32.2. The first-order chi connectivity index (χ1) is 15.3. The smallest absolute Gasteiger partial charge is 0.243 e. The van der Waals surface area contributed by atoms with E-state index in [0.29, 0.717) is 25.3 Å². The summed E-state index contributed by atoms with van der Waals surface area (Å²) in [5.41, 5.74) is 3.12. The zero-order valence-corrected chi connectivity index (χ0v) is 19.3. The number of carbonyl (C=O) groups excluding carboxylic acids is 2. The summed E-state index contributed by atoms with van der Waals surface area (Å²) in [6, 6.07) is 12.5. The number of nitrogens with zero attached hydrogens (tertiary/aromatic N) is 2. The van der Waals surface area contributed by atoms with E-state index in [1.807, 2.05) is 38.1 Å². The van der Waals surface area contributed by atoms with Crippen molar-refractivity contribution in [3.63, 3.8) is 0 Å². The summed E-state index contributed by atoms with van der Waals surface area (Å²) in [5, 5.41) is 2.87. The molecule has 0 radical (unpaired) electrons. The molecule has 0 bridgehead atoms. The third-order valence-corrected chi connectivity index (χ3v) is 8.16. The van der Waals surface area contributed by atoms with E-state index in [1.54, 1.807) is 17.0 Å². The van der Waals surface area contributed by atoms with E-state index < -0.39 is 15.9 Å². The molecule has 2 amide bonds. The van der Waals surface area contributed by atoms with Crippen LogP contribution in [0.25, 0.3) is 0 Å². The molecule has 8 heteroatoms. The Hall–Kier alpha value is -2.71. The molecule has 1 unspecified atom stereocenters. The number of anilines is 2. The SMILES string of the molecule is Cc1ccc(N2CC(C(=O)Nc3cc(S(=O)(=O)N4CCCCC4)ccc3C)CC2=O)cc1. The van der Waals surface area contributed by atoms with Gasteiger partial charge < -0.3 is 10.2 Å². The average molecular weight is 456 g/mol. The van der Waals surface area contributed by atoms with Crippen molar-refractivity contribution in [2.45, 2.75) is 44.4 Å². The van der Waals surface area contributed by atoms with Gasteiger partial charge in [0, 0.05) is 37.4 Å². The number of hydrogen-bond acceptors (Lipinski definition) is 4. The third-order valence-electron chi connectivity index (χ3n) is 6.26. The summed E-state index contributed by atoms with van der Waals surface area (Å²) in [6.45, 7) is 5.16. The molecule has 0 aromatic heterocycles. The number of amides is 2. The third kappa shape index (κ3) is 4.56. The van der Waals surface area contributed by atoms with Crippen LogP contribution < -0.4 is 10.2 Å². The Balaban J connectivity index is 1.49. The van der Waals surface area contributed by atoms with E-state index in [9.17, 15) is 18.0 Å². The first-order valence-electron chi connectivity index (χ1n) is 11.0. The molecule has 170 valence electrons. The van der Waals surface area contributed by atoms with Crippen LogP contribution in [0.2, 0.25) is 0 Å². The molecule has 0 spiro atoms. The molecule has 2 aromatic carbocycles. The van der Waals surface area contributed by atoms with Crippen LogP contribution in [-0.4, -0.2) is 44.2 Å². The van der Waals surface area contributed by atoms with E-state index >= 15 is 0 Å². The van der Waals surface area contributed by atoms with Crippen molar-refractivity contribution < 1.29 is 18.0 Å². The molecule has 0 aliphatic carbocycles. The van der Waals surface area contributed by atoms with Crippen molar-refractivity contribution in [1.29, 1.82) is 0 Å². The number of piperidine rings is 1. The number of rotatable bonds is 5. The minimum Gasteiger partial charge on any atom is -0.325 e. The molecule has 32 heavy (non-hydrogen) atoms. The van der Waals surface area contributed by atoms with Crippen LogP contribution in [-0.2, 0) is 19.6 Å². The molecule has 2 aromatic rings. The van der Waals surface area contributed by atoms with Gasteiger partial charge in [-0.2, -0.15) is 4.31 Å². The first-order valence-corrected chi connectivity index (χ1v) is 12.5. The van der Waals surface area contributed by atoms with Crippen LogP contribution in [0, 0.1) is 19.8 Å². The van der Waals surface area contributed by atoms with Crippen molar-refractivity contribution in [3.8, 4) is 0 Å². The standard InChI is InChI=1S/C24H29N3O4S/c1-17-6-9-20(10-7-17)27-16-19(14-23(27)28)24(29)25-22-15-21(11-8-18(22)2)32(30,31)26-12-4-3-5-13-26/h6-11,15,19H,3-5,12-14,16H2,1-2H3,(H,25,29). The van der Waals surface area contributed by atoms with Crippen LogP contribution in [0.5, 0.6) is 0 Å². The predicted molar refractivity (Wildman–Crippen MR) is 124 cm³/mol. The second-order valence-corrected chi connectivity index (χ2v) is 10.6. The minimum atomic E-state index is -3.59. The minimum absolute atomic E-state index is 0.0906. The number of benzene rings is 2. The Morgan fingerprint density at radius 2 is 1.69 bits per heavy atom. The van der Waals surface area contributed by atoms with Crippen LogP contribution in [0.4, 0.5) is 11.4 Å². The fourth-order valence-electron chi connectivity index (χ4n) is 4.24. The molecule has 1 atom stereocenters. The van der Waals surface area contributed by atoms with Crippen molar-refractivity contribution >= 4 is 33.2 Å². The van der Waals surface area contributed by atoms with Gasteiger partial charge in [-0.15, -0.1) is 0 Å². The van der Waals surface area contributed by atoms with Gasteiger partial charge in [0.05, 0.1) is 10.8 Å². The van der Waals surface area contributed by atoms with Gasteiger partial charge in [-0.1, -0.05) is 30.2 Å². The summed E-state index contributed by atoms with van der Waals surface area (Å²) < 4.78 is 27.6. The van der Waals surface area contributed by atoms with Crippen LogP contribution in [0.1, 0.15) is 36.8 Å². The van der Waals surface area contributed by atoms with Crippen LogP contribution >= 0.6 is 0 Å². The lowest BCUT2D eigenvalue weighted by atomic mass is 10.1. The van der Waals surface area contributed by atoms with Gasteiger partial charge in [-0.3, -0.25) is 9.59 Å². The number of aryl methyl sites for hydroxylation is 2. The molecule has 4 rings (SSSR count). The number of sulfonamides is 1. The molecular weight excluding hydrogens is 426 g/mol. The second-order valence-electron chi connectivity index (χ2n) is 8.67. The molecule has 2 fully saturated rings. The molecule has 7 nitrogen and oxygen atoms in total. The first kappa shape index (κ1) is 22.5. The van der Waals surface area contributed by atoms with Gasteiger partial charge in [-0.25, -0.2) is 8.42 Å². The van der Waals surface area contributed by atoms with Gasteiger partial charge in [0.15, 0.2) is 0 Å². The molecule has 2 aliphatic heterocycles. The highest BCUT2D eigenvalue weighted by Crippen LogP contribution is 2.29. The molecule has 1 N–H and O–H groups in total. The number of nitrogens with one attached hydrogen (secondary N) is 1. The maximum absolute atomic E-state index is 13.0.